The molecular formula is C12H15NO5. The summed E-state index contributed by atoms with van der Waals surface area (Å²) in [5.74, 6) is -4.08. The van der Waals surface area contributed by atoms with E-state index in [0.717, 1.165) is 0 Å². The van der Waals surface area contributed by atoms with Crippen LogP contribution in [0.4, 0.5) is 0 Å². The van der Waals surface area contributed by atoms with E-state index >= 15 is 0 Å². The quantitative estimate of drug-likeness (QED) is 0.420. The molecule has 0 saturated carbocycles. The highest BCUT2D eigenvalue weighted by Gasteiger charge is 2.44. The third-order valence-corrected chi connectivity index (χ3v) is 3.04. The number of ketones is 3. The minimum absolute atomic E-state index is 0.491. The van der Waals surface area contributed by atoms with E-state index < -0.39 is 46.1 Å². The molecular weight excluding hydrogens is 238 g/mol. The highest BCUT2D eigenvalue weighted by atomic mass is 16.6. The molecule has 6 nitrogen and oxygen atoms in total. The van der Waals surface area contributed by atoms with Gasteiger partial charge in [0, 0.05) is 10.3 Å². The van der Waals surface area contributed by atoms with Crippen molar-refractivity contribution in [2.45, 2.75) is 20.8 Å². The monoisotopic (exact) mass is 253 g/mol. The molecule has 0 radical (unpaired) electrons. The van der Waals surface area contributed by atoms with E-state index in [2.05, 4.69) is 0 Å². The van der Waals surface area contributed by atoms with Gasteiger partial charge in [-0.05, 0) is 26.8 Å². The van der Waals surface area contributed by atoms with Crippen molar-refractivity contribution in [1.29, 1.82) is 0 Å². The van der Waals surface area contributed by atoms with Crippen LogP contribution >= 0.6 is 0 Å². The van der Waals surface area contributed by atoms with Gasteiger partial charge in [-0.15, -0.1) is 0 Å². The van der Waals surface area contributed by atoms with E-state index in [1.54, 1.807) is 13.8 Å². The lowest BCUT2D eigenvalue weighted by atomic mass is 9.72. The third-order valence-electron chi connectivity index (χ3n) is 3.04. The van der Waals surface area contributed by atoms with E-state index in [9.17, 15) is 24.5 Å². The van der Waals surface area contributed by atoms with Crippen molar-refractivity contribution in [2.24, 2.45) is 17.3 Å². The second-order valence-corrected chi connectivity index (χ2v) is 5.07. The van der Waals surface area contributed by atoms with E-state index in [0.29, 0.717) is 0 Å². The minimum Gasteiger partial charge on any atom is -0.298 e. The van der Waals surface area contributed by atoms with Gasteiger partial charge in [0.1, 0.15) is 5.92 Å². The summed E-state index contributed by atoms with van der Waals surface area (Å²) in [4.78, 5) is 45.3. The SMILES string of the molecule is CC(C[N+](=O)[O-])C(=O)C1C(=O)C=CC(C)(C)C1=O. The number of carbonyl (C=O) groups excluding carboxylic acids is 3. The van der Waals surface area contributed by atoms with Crippen LogP contribution < -0.4 is 0 Å². The third kappa shape index (κ3) is 2.69. The van der Waals surface area contributed by atoms with Crippen LogP contribution in [0, 0.1) is 27.4 Å². The average molecular weight is 253 g/mol. The fourth-order valence-corrected chi connectivity index (χ4v) is 1.84. The van der Waals surface area contributed by atoms with Gasteiger partial charge >= 0.3 is 0 Å². The zero-order valence-corrected chi connectivity index (χ0v) is 10.5. The summed E-state index contributed by atoms with van der Waals surface area (Å²) in [6.07, 6.45) is 2.67. The van der Waals surface area contributed by atoms with Crippen LogP contribution in [0.25, 0.3) is 0 Å². The number of hydrogen-bond donors (Lipinski definition) is 0. The molecule has 2 unspecified atom stereocenters. The standard InChI is InChI=1S/C12H15NO5/c1-7(6-13(17)18)10(15)9-8(14)4-5-12(2,3)11(9)16/h4-5,7,9H,6H2,1-3H3. The molecule has 1 rings (SSSR count). The molecule has 0 spiro atoms. The largest absolute Gasteiger partial charge is 0.298 e. The van der Waals surface area contributed by atoms with E-state index in [-0.39, 0.29) is 0 Å². The summed E-state index contributed by atoms with van der Waals surface area (Å²) in [6, 6.07) is 0. The van der Waals surface area contributed by atoms with E-state index in [4.69, 9.17) is 0 Å². The molecule has 0 heterocycles. The zero-order chi connectivity index (χ0) is 14.1. The Hall–Kier alpha value is -1.85. The lowest BCUT2D eigenvalue weighted by molar-refractivity contribution is -0.484. The van der Waals surface area contributed by atoms with Crippen molar-refractivity contribution in [3.8, 4) is 0 Å². The Morgan fingerprint density at radius 3 is 2.56 bits per heavy atom. The molecule has 98 valence electrons. The maximum absolute atomic E-state index is 12.0. The first-order valence-corrected chi connectivity index (χ1v) is 5.59. The molecule has 1 aliphatic carbocycles. The van der Waals surface area contributed by atoms with Crippen LogP contribution in [0.15, 0.2) is 12.2 Å². The molecule has 0 bridgehead atoms. The molecule has 0 saturated heterocycles. The normalized spacial score (nSPS) is 23.8. The first kappa shape index (κ1) is 14.2. The first-order valence-electron chi connectivity index (χ1n) is 5.59. The van der Waals surface area contributed by atoms with Crippen molar-refractivity contribution in [1.82, 2.24) is 0 Å². The number of rotatable bonds is 4. The Morgan fingerprint density at radius 2 is 2.06 bits per heavy atom. The molecule has 0 amide bonds. The summed E-state index contributed by atoms with van der Waals surface area (Å²) in [6.45, 7) is 4.00. The lowest BCUT2D eigenvalue weighted by Gasteiger charge is -2.27. The molecule has 1 aliphatic rings. The van der Waals surface area contributed by atoms with Crippen LogP contribution in [0.1, 0.15) is 20.8 Å². The number of nitrogens with zero attached hydrogens (tertiary/aromatic N) is 1. The molecule has 0 aliphatic heterocycles. The van der Waals surface area contributed by atoms with Crippen LogP contribution in [0.2, 0.25) is 0 Å². The van der Waals surface area contributed by atoms with Crippen molar-refractivity contribution in [2.75, 3.05) is 6.54 Å². The Kier molecular flexibility index (Phi) is 3.79. The Labute approximate surface area is 104 Å². The van der Waals surface area contributed by atoms with Crippen LogP contribution in [-0.4, -0.2) is 28.8 Å². The van der Waals surface area contributed by atoms with Gasteiger partial charge in [-0.2, -0.15) is 0 Å². The highest BCUT2D eigenvalue weighted by Crippen LogP contribution is 2.30. The lowest BCUT2D eigenvalue weighted by Crippen LogP contribution is -2.44. The number of allylic oxidation sites excluding steroid dienone is 2. The maximum Gasteiger partial charge on any atom is 0.213 e. The molecule has 6 heteroatoms. The van der Waals surface area contributed by atoms with E-state index in [1.165, 1.54) is 19.1 Å². The van der Waals surface area contributed by atoms with Gasteiger partial charge < -0.3 is 0 Å². The van der Waals surface area contributed by atoms with Crippen molar-refractivity contribution in [3.05, 3.63) is 22.3 Å². The van der Waals surface area contributed by atoms with Gasteiger partial charge in [0.2, 0.25) is 6.54 Å². The smallest absolute Gasteiger partial charge is 0.213 e. The van der Waals surface area contributed by atoms with Gasteiger partial charge in [-0.1, -0.05) is 6.08 Å². The molecule has 0 aromatic carbocycles. The highest BCUT2D eigenvalue weighted by molar-refractivity contribution is 6.25. The minimum atomic E-state index is -1.39. The van der Waals surface area contributed by atoms with Gasteiger partial charge in [0.05, 0.1) is 5.92 Å². The van der Waals surface area contributed by atoms with Crippen LogP contribution in [0.5, 0.6) is 0 Å². The Morgan fingerprint density at radius 1 is 1.50 bits per heavy atom. The predicted octanol–water partition coefficient (Wildman–Crippen LogP) is 0.819. The Balaban J connectivity index is 2.98. The predicted molar refractivity (Wildman–Crippen MR) is 62.5 cm³/mol. The molecule has 0 aromatic heterocycles. The summed E-state index contributed by atoms with van der Waals surface area (Å²) >= 11 is 0. The van der Waals surface area contributed by atoms with Gasteiger partial charge in [-0.3, -0.25) is 24.5 Å². The summed E-state index contributed by atoms with van der Waals surface area (Å²) < 4.78 is 0. The molecule has 0 fully saturated rings. The number of nitro groups is 1. The average Bonchev–Trinajstić information content (AvgIpc) is 2.23. The molecule has 0 aromatic rings. The van der Waals surface area contributed by atoms with Crippen molar-refractivity contribution in [3.63, 3.8) is 0 Å². The van der Waals surface area contributed by atoms with E-state index in [1.807, 2.05) is 0 Å². The van der Waals surface area contributed by atoms with Gasteiger partial charge in [0.25, 0.3) is 0 Å². The Bertz CT molecular complexity index is 449. The van der Waals surface area contributed by atoms with Crippen molar-refractivity contribution < 1.29 is 19.3 Å². The van der Waals surface area contributed by atoms with Crippen molar-refractivity contribution >= 4 is 17.3 Å². The summed E-state index contributed by atoms with van der Waals surface area (Å²) in [7, 11) is 0. The number of hydrogen-bond acceptors (Lipinski definition) is 5. The summed E-state index contributed by atoms with van der Waals surface area (Å²) in [5.41, 5.74) is -0.886. The maximum atomic E-state index is 12.0. The summed E-state index contributed by atoms with van der Waals surface area (Å²) in [5, 5.41) is 10.4. The van der Waals surface area contributed by atoms with Crippen LogP contribution in [-0.2, 0) is 14.4 Å². The molecule has 2 atom stereocenters. The van der Waals surface area contributed by atoms with Gasteiger partial charge in [-0.25, -0.2) is 0 Å². The number of carbonyl (C=O) groups is 3. The van der Waals surface area contributed by atoms with Gasteiger partial charge in [0.15, 0.2) is 17.3 Å². The second-order valence-electron chi connectivity index (χ2n) is 5.07. The second kappa shape index (κ2) is 4.80. The fraction of sp³-hybridized carbons (Fsp3) is 0.583. The fourth-order valence-electron chi connectivity index (χ4n) is 1.84. The molecule has 18 heavy (non-hydrogen) atoms. The topological polar surface area (TPSA) is 94.3 Å². The zero-order valence-electron chi connectivity index (χ0n) is 10.5. The first-order chi connectivity index (χ1) is 8.16. The molecule has 0 N–H and O–H groups in total. The van der Waals surface area contributed by atoms with Crippen LogP contribution in [0.3, 0.4) is 0 Å². The number of Topliss-reactive ketones (excluding diaryl/α,β-unsaturated/α-hetero) is 2.